The van der Waals surface area contributed by atoms with Crippen molar-refractivity contribution in [3.8, 4) is 0 Å². The molecule has 3 heteroatoms. The summed E-state index contributed by atoms with van der Waals surface area (Å²) in [4.78, 5) is 0. The van der Waals surface area contributed by atoms with Gasteiger partial charge in [0.25, 0.3) is 0 Å². The molecule has 2 rings (SSSR count). The molecule has 0 atom stereocenters. The molecule has 74 valence electrons. The van der Waals surface area contributed by atoms with Gasteiger partial charge in [0.05, 0.1) is 6.54 Å². The van der Waals surface area contributed by atoms with Gasteiger partial charge in [0.2, 0.25) is 0 Å². The molecule has 0 amide bonds. The molecule has 0 bridgehead atoms. The van der Waals surface area contributed by atoms with Gasteiger partial charge in [-0.2, -0.15) is 0 Å². The number of nitrogens with one attached hydrogen (secondary N) is 1. The highest BCUT2D eigenvalue weighted by Crippen LogP contribution is 2.18. The van der Waals surface area contributed by atoms with Crippen molar-refractivity contribution in [2.75, 3.05) is 14.1 Å². The monoisotopic (exact) mass is 190 g/mol. The van der Waals surface area contributed by atoms with E-state index in [9.17, 15) is 0 Å². The van der Waals surface area contributed by atoms with Gasteiger partial charge in [-0.25, -0.2) is 5.43 Å². The van der Waals surface area contributed by atoms with Crippen LogP contribution in [0.1, 0.15) is 5.76 Å². The minimum absolute atomic E-state index is 0.724. The van der Waals surface area contributed by atoms with Crippen LogP contribution in [0.3, 0.4) is 0 Å². The van der Waals surface area contributed by atoms with E-state index in [0.29, 0.717) is 0 Å². The fraction of sp³-hybridized carbons (Fsp3) is 0.273. The molecular formula is C11H14N2O. The summed E-state index contributed by atoms with van der Waals surface area (Å²) in [7, 11) is 3.92. The number of para-hydroxylation sites is 1. The van der Waals surface area contributed by atoms with Crippen molar-refractivity contribution in [3.63, 3.8) is 0 Å². The van der Waals surface area contributed by atoms with E-state index in [0.717, 1.165) is 23.3 Å². The van der Waals surface area contributed by atoms with E-state index >= 15 is 0 Å². The molecule has 0 radical (unpaired) electrons. The van der Waals surface area contributed by atoms with Crippen molar-refractivity contribution in [2.24, 2.45) is 0 Å². The van der Waals surface area contributed by atoms with Gasteiger partial charge in [0.1, 0.15) is 11.3 Å². The van der Waals surface area contributed by atoms with E-state index in [-0.39, 0.29) is 0 Å². The maximum absolute atomic E-state index is 5.63. The largest absolute Gasteiger partial charge is 0.460 e. The van der Waals surface area contributed by atoms with Gasteiger partial charge in [-0.3, -0.25) is 5.01 Å². The zero-order valence-corrected chi connectivity index (χ0v) is 8.45. The normalized spacial score (nSPS) is 11.4. The van der Waals surface area contributed by atoms with Gasteiger partial charge in [0.15, 0.2) is 0 Å². The van der Waals surface area contributed by atoms with Crippen LogP contribution in [0.4, 0.5) is 0 Å². The Hall–Kier alpha value is -1.32. The Morgan fingerprint density at radius 3 is 2.79 bits per heavy atom. The van der Waals surface area contributed by atoms with Crippen LogP contribution >= 0.6 is 0 Å². The lowest BCUT2D eigenvalue weighted by molar-refractivity contribution is 0.273. The molecule has 1 aromatic heterocycles. The number of benzene rings is 1. The maximum atomic E-state index is 5.63. The van der Waals surface area contributed by atoms with Crippen LogP contribution in [0.5, 0.6) is 0 Å². The third kappa shape index (κ3) is 1.95. The molecule has 0 aliphatic carbocycles. The second kappa shape index (κ2) is 3.82. The van der Waals surface area contributed by atoms with Crippen LogP contribution in [0.2, 0.25) is 0 Å². The number of hydrogen-bond acceptors (Lipinski definition) is 3. The highest BCUT2D eigenvalue weighted by Gasteiger charge is 2.01. The lowest BCUT2D eigenvalue weighted by Gasteiger charge is -2.09. The summed E-state index contributed by atoms with van der Waals surface area (Å²) in [5.74, 6) is 0.958. The van der Waals surface area contributed by atoms with Gasteiger partial charge in [-0.05, 0) is 12.1 Å². The molecule has 0 saturated carbocycles. The predicted octanol–water partition coefficient (Wildman–Crippen LogP) is 2.00. The molecule has 0 unspecified atom stereocenters. The number of rotatable bonds is 3. The Kier molecular flexibility index (Phi) is 2.52. The first kappa shape index (κ1) is 9.24. The number of nitrogens with zero attached hydrogens (tertiary/aromatic N) is 1. The van der Waals surface area contributed by atoms with Crippen LogP contribution in [0.25, 0.3) is 11.0 Å². The van der Waals surface area contributed by atoms with Crippen molar-refractivity contribution in [1.29, 1.82) is 0 Å². The topological polar surface area (TPSA) is 28.4 Å². The molecule has 1 aromatic carbocycles. The van der Waals surface area contributed by atoms with Gasteiger partial charge in [-0.1, -0.05) is 18.2 Å². The average molecular weight is 190 g/mol. The molecule has 0 spiro atoms. The quantitative estimate of drug-likeness (QED) is 0.750. The van der Waals surface area contributed by atoms with Crippen LogP contribution in [-0.4, -0.2) is 19.1 Å². The van der Waals surface area contributed by atoms with E-state index in [1.165, 1.54) is 0 Å². The summed E-state index contributed by atoms with van der Waals surface area (Å²) in [6, 6.07) is 10.1. The molecule has 0 aliphatic rings. The summed E-state index contributed by atoms with van der Waals surface area (Å²) < 4.78 is 5.63. The molecule has 2 aromatic rings. The van der Waals surface area contributed by atoms with Gasteiger partial charge < -0.3 is 4.42 Å². The molecule has 1 N–H and O–H groups in total. The van der Waals surface area contributed by atoms with Gasteiger partial charge in [-0.15, -0.1) is 0 Å². The number of fused-ring (bicyclic) bond motifs is 1. The highest BCUT2D eigenvalue weighted by molar-refractivity contribution is 5.77. The lowest BCUT2D eigenvalue weighted by Crippen LogP contribution is -2.29. The Morgan fingerprint density at radius 2 is 2.07 bits per heavy atom. The van der Waals surface area contributed by atoms with Gasteiger partial charge in [0, 0.05) is 19.5 Å². The van der Waals surface area contributed by atoms with Gasteiger partial charge >= 0.3 is 0 Å². The third-order valence-electron chi connectivity index (χ3n) is 2.05. The second-order valence-corrected chi connectivity index (χ2v) is 3.48. The van der Waals surface area contributed by atoms with Crippen LogP contribution in [0.15, 0.2) is 34.7 Å². The average Bonchev–Trinajstić information content (AvgIpc) is 2.57. The summed E-state index contributed by atoms with van der Waals surface area (Å²) in [6.45, 7) is 0.724. The first-order valence-electron chi connectivity index (χ1n) is 4.64. The van der Waals surface area contributed by atoms with E-state index in [2.05, 4.69) is 17.6 Å². The van der Waals surface area contributed by atoms with Crippen molar-refractivity contribution < 1.29 is 4.42 Å². The van der Waals surface area contributed by atoms with E-state index in [1.54, 1.807) is 0 Å². The summed E-state index contributed by atoms with van der Waals surface area (Å²) in [5, 5.41) is 3.07. The molecule has 0 fully saturated rings. The third-order valence-corrected chi connectivity index (χ3v) is 2.05. The zero-order valence-electron chi connectivity index (χ0n) is 8.45. The standard InChI is InChI=1S/C11H14N2O/c1-13(2)12-8-10-7-9-5-3-4-6-11(9)14-10/h3-7,12H,8H2,1-2H3. The molecule has 1 heterocycles. The summed E-state index contributed by atoms with van der Waals surface area (Å²) >= 11 is 0. The first-order valence-corrected chi connectivity index (χ1v) is 4.64. The Morgan fingerprint density at radius 1 is 1.29 bits per heavy atom. The van der Waals surface area contributed by atoms with Crippen molar-refractivity contribution in [1.82, 2.24) is 10.4 Å². The molecular weight excluding hydrogens is 176 g/mol. The maximum Gasteiger partial charge on any atom is 0.134 e. The molecule has 3 nitrogen and oxygen atoms in total. The summed E-state index contributed by atoms with van der Waals surface area (Å²) in [6.07, 6.45) is 0. The van der Waals surface area contributed by atoms with Crippen molar-refractivity contribution in [3.05, 3.63) is 36.1 Å². The highest BCUT2D eigenvalue weighted by atomic mass is 16.3. The van der Waals surface area contributed by atoms with Crippen LogP contribution < -0.4 is 5.43 Å². The zero-order chi connectivity index (χ0) is 9.97. The van der Waals surface area contributed by atoms with Crippen LogP contribution in [-0.2, 0) is 6.54 Å². The Bertz CT molecular complexity index is 387. The summed E-state index contributed by atoms with van der Waals surface area (Å²) in [5.41, 5.74) is 4.11. The lowest BCUT2D eigenvalue weighted by atomic mass is 10.2. The predicted molar refractivity (Wildman–Crippen MR) is 56.7 cm³/mol. The molecule has 14 heavy (non-hydrogen) atoms. The molecule has 0 saturated heterocycles. The first-order chi connectivity index (χ1) is 6.75. The number of hydrazine groups is 1. The minimum Gasteiger partial charge on any atom is -0.460 e. The van der Waals surface area contributed by atoms with Crippen LogP contribution in [0, 0.1) is 0 Å². The van der Waals surface area contributed by atoms with E-state index in [1.807, 2.05) is 37.3 Å². The van der Waals surface area contributed by atoms with Crippen molar-refractivity contribution in [2.45, 2.75) is 6.54 Å². The van der Waals surface area contributed by atoms with Crippen molar-refractivity contribution >= 4 is 11.0 Å². The smallest absolute Gasteiger partial charge is 0.134 e. The van der Waals surface area contributed by atoms with E-state index in [4.69, 9.17) is 4.42 Å². The number of furan rings is 1. The molecule has 0 aliphatic heterocycles. The minimum atomic E-state index is 0.724. The number of hydrogen-bond donors (Lipinski definition) is 1. The second-order valence-electron chi connectivity index (χ2n) is 3.48. The Labute approximate surface area is 83.3 Å². The van der Waals surface area contributed by atoms with E-state index < -0.39 is 0 Å². The fourth-order valence-electron chi connectivity index (χ4n) is 1.36. The fourth-order valence-corrected chi connectivity index (χ4v) is 1.36. The Balaban J connectivity index is 2.19. The SMILES string of the molecule is CN(C)NCc1cc2ccccc2o1.